The molecule has 0 atom stereocenters. The number of nitrogens with zero attached hydrogens (tertiary/aromatic N) is 1. The zero-order chi connectivity index (χ0) is 17.5. The molecular formula is C18H20N2O4. The molecule has 0 aliphatic rings. The van der Waals surface area contributed by atoms with E-state index in [-0.39, 0.29) is 17.9 Å². The Morgan fingerprint density at radius 2 is 1.88 bits per heavy atom. The van der Waals surface area contributed by atoms with Crippen molar-refractivity contribution in [1.82, 2.24) is 4.98 Å². The van der Waals surface area contributed by atoms with Gasteiger partial charge in [-0.25, -0.2) is 9.78 Å². The van der Waals surface area contributed by atoms with Crippen LogP contribution in [0.3, 0.4) is 0 Å². The number of benzene rings is 1. The second-order valence-electron chi connectivity index (χ2n) is 5.27. The zero-order valence-corrected chi connectivity index (χ0v) is 13.9. The first kappa shape index (κ1) is 17.5. The average Bonchev–Trinajstić information content (AvgIpc) is 2.55. The van der Waals surface area contributed by atoms with Gasteiger partial charge in [0, 0.05) is 11.9 Å². The van der Waals surface area contributed by atoms with Crippen LogP contribution in [-0.2, 0) is 4.74 Å². The number of esters is 1. The van der Waals surface area contributed by atoms with Crippen molar-refractivity contribution >= 4 is 17.6 Å². The van der Waals surface area contributed by atoms with E-state index in [0.717, 1.165) is 0 Å². The third-order valence-electron chi connectivity index (χ3n) is 3.02. The number of rotatable bonds is 6. The molecule has 0 unspecified atom stereocenters. The molecule has 1 amide bonds. The van der Waals surface area contributed by atoms with Gasteiger partial charge in [0.2, 0.25) is 5.88 Å². The van der Waals surface area contributed by atoms with Crippen molar-refractivity contribution in [2.24, 2.45) is 0 Å². The lowest BCUT2D eigenvalue weighted by Crippen LogP contribution is -2.15. The zero-order valence-electron chi connectivity index (χ0n) is 13.9. The summed E-state index contributed by atoms with van der Waals surface area (Å²) < 4.78 is 10.5. The lowest BCUT2D eigenvalue weighted by Gasteiger charge is -2.10. The maximum atomic E-state index is 12.4. The first-order chi connectivity index (χ1) is 11.5. The van der Waals surface area contributed by atoms with E-state index in [1.54, 1.807) is 56.4 Å². The van der Waals surface area contributed by atoms with Gasteiger partial charge in [0.25, 0.3) is 5.91 Å². The highest BCUT2D eigenvalue weighted by Gasteiger charge is 2.14. The Kier molecular flexibility index (Phi) is 5.89. The van der Waals surface area contributed by atoms with Gasteiger partial charge in [-0.05, 0) is 57.2 Å². The first-order valence-electron chi connectivity index (χ1n) is 7.71. The highest BCUT2D eigenvalue weighted by molar-refractivity contribution is 6.06. The van der Waals surface area contributed by atoms with E-state index in [0.29, 0.717) is 23.4 Å². The summed E-state index contributed by atoms with van der Waals surface area (Å²) in [4.78, 5) is 28.2. The topological polar surface area (TPSA) is 77.5 Å². The van der Waals surface area contributed by atoms with Crippen molar-refractivity contribution in [1.29, 1.82) is 0 Å². The largest absolute Gasteiger partial charge is 0.477 e. The number of pyridine rings is 1. The molecule has 0 aliphatic heterocycles. The molecule has 1 N–H and O–H groups in total. The SMILES string of the molecule is CCOc1ncccc1C(=O)Nc1ccc(C(=O)OC(C)C)cc1. The second-order valence-corrected chi connectivity index (χ2v) is 5.27. The second kappa shape index (κ2) is 8.10. The van der Waals surface area contributed by atoms with E-state index in [2.05, 4.69) is 10.3 Å². The van der Waals surface area contributed by atoms with E-state index < -0.39 is 5.97 Å². The summed E-state index contributed by atoms with van der Waals surface area (Å²) in [6.07, 6.45) is 1.39. The molecule has 24 heavy (non-hydrogen) atoms. The molecule has 2 rings (SSSR count). The van der Waals surface area contributed by atoms with E-state index in [4.69, 9.17) is 9.47 Å². The monoisotopic (exact) mass is 328 g/mol. The van der Waals surface area contributed by atoms with Crippen LogP contribution in [0.25, 0.3) is 0 Å². The molecule has 126 valence electrons. The predicted molar refractivity (Wildman–Crippen MR) is 90.4 cm³/mol. The van der Waals surface area contributed by atoms with Crippen LogP contribution in [0.1, 0.15) is 41.5 Å². The van der Waals surface area contributed by atoms with Gasteiger partial charge in [-0.2, -0.15) is 0 Å². The summed E-state index contributed by atoms with van der Waals surface area (Å²) in [7, 11) is 0. The number of carbonyl (C=O) groups excluding carboxylic acids is 2. The van der Waals surface area contributed by atoms with Gasteiger partial charge in [-0.15, -0.1) is 0 Å². The Labute approximate surface area is 140 Å². The van der Waals surface area contributed by atoms with Crippen molar-refractivity contribution in [3.63, 3.8) is 0 Å². The fourth-order valence-electron chi connectivity index (χ4n) is 1.99. The molecular weight excluding hydrogens is 308 g/mol. The van der Waals surface area contributed by atoms with Crippen LogP contribution in [-0.4, -0.2) is 29.6 Å². The van der Waals surface area contributed by atoms with Crippen molar-refractivity contribution in [3.8, 4) is 5.88 Å². The van der Waals surface area contributed by atoms with Crippen LogP contribution < -0.4 is 10.1 Å². The lowest BCUT2D eigenvalue weighted by molar-refractivity contribution is 0.0378. The number of hydrogen-bond donors (Lipinski definition) is 1. The minimum atomic E-state index is -0.395. The molecule has 1 aromatic carbocycles. The molecule has 0 spiro atoms. The Bertz CT molecular complexity index is 711. The molecule has 1 aromatic heterocycles. The van der Waals surface area contributed by atoms with Gasteiger partial charge in [0.1, 0.15) is 5.56 Å². The van der Waals surface area contributed by atoms with E-state index in [9.17, 15) is 9.59 Å². The third-order valence-corrected chi connectivity index (χ3v) is 3.02. The van der Waals surface area contributed by atoms with Crippen LogP contribution in [0.5, 0.6) is 5.88 Å². The number of carbonyl (C=O) groups is 2. The van der Waals surface area contributed by atoms with Crippen LogP contribution in [0.15, 0.2) is 42.6 Å². The van der Waals surface area contributed by atoms with Crippen molar-refractivity contribution in [2.45, 2.75) is 26.9 Å². The fraction of sp³-hybridized carbons (Fsp3) is 0.278. The summed E-state index contributed by atoms with van der Waals surface area (Å²) in [5.41, 5.74) is 1.34. The molecule has 0 bridgehead atoms. The highest BCUT2D eigenvalue weighted by atomic mass is 16.5. The minimum absolute atomic E-state index is 0.181. The van der Waals surface area contributed by atoms with Crippen LogP contribution in [0, 0.1) is 0 Å². The standard InChI is InChI=1S/C18H20N2O4/c1-4-23-17-15(6-5-11-19-17)16(21)20-14-9-7-13(8-10-14)18(22)24-12(2)3/h5-12H,4H2,1-3H3,(H,20,21). The number of aromatic nitrogens is 1. The Morgan fingerprint density at radius 3 is 2.50 bits per heavy atom. The summed E-state index contributed by atoms with van der Waals surface area (Å²) in [5, 5.41) is 2.75. The van der Waals surface area contributed by atoms with Gasteiger partial charge in [0.15, 0.2) is 0 Å². The molecule has 6 heteroatoms. The molecule has 0 fully saturated rings. The average molecular weight is 328 g/mol. The smallest absolute Gasteiger partial charge is 0.338 e. The molecule has 1 heterocycles. The first-order valence-corrected chi connectivity index (χ1v) is 7.71. The van der Waals surface area contributed by atoms with Crippen LogP contribution in [0.4, 0.5) is 5.69 Å². The summed E-state index contributed by atoms with van der Waals surface area (Å²) in [5.74, 6) is -0.438. The quantitative estimate of drug-likeness (QED) is 0.823. The van der Waals surface area contributed by atoms with E-state index in [1.807, 2.05) is 6.92 Å². The third kappa shape index (κ3) is 4.55. The lowest BCUT2D eigenvalue weighted by atomic mass is 10.2. The van der Waals surface area contributed by atoms with Crippen molar-refractivity contribution < 1.29 is 19.1 Å². The van der Waals surface area contributed by atoms with Gasteiger partial charge in [-0.1, -0.05) is 0 Å². The Hall–Kier alpha value is -2.89. The van der Waals surface area contributed by atoms with Crippen LogP contribution >= 0.6 is 0 Å². The van der Waals surface area contributed by atoms with Gasteiger partial charge in [0.05, 0.1) is 18.3 Å². The predicted octanol–water partition coefficient (Wildman–Crippen LogP) is 3.30. The fourth-order valence-corrected chi connectivity index (χ4v) is 1.99. The summed E-state index contributed by atoms with van der Waals surface area (Å²) in [6.45, 7) is 5.82. The van der Waals surface area contributed by atoms with Crippen LogP contribution in [0.2, 0.25) is 0 Å². The number of anilines is 1. The number of amides is 1. The molecule has 0 aliphatic carbocycles. The number of ether oxygens (including phenoxy) is 2. The minimum Gasteiger partial charge on any atom is -0.477 e. The summed E-state index contributed by atoms with van der Waals surface area (Å²) in [6, 6.07) is 9.81. The number of nitrogens with one attached hydrogen (secondary N) is 1. The summed E-state index contributed by atoms with van der Waals surface area (Å²) >= 11 is 0. The van der Waals surface area contributed by atoms with Gasteiger partial charge in [-0.3, -0.25) is 4.79 Å². The molecule has 6 nitrogen and oxygen atoms in total. The maximum Gasteiger partial charge on any atom is 0.338 e. The highest BCUT2D eigenvalue weighted by Crippen LogP contribution is 2.17. The Morgan fingerprint density at radius 1 is 1.17 bits per heavy atom. The molecule has 0 saturated carbocycles. The van der Waals surface area contributed by atoms with E-state index in [1.165, 1.54) is 0 Å². The molecule has 0 saturated heterocycles. The van der Waals surface area contributed by atoms with Crippen molar-refractivity contribution in [3.05, 3.63) is 53.7 Å². The van der Waals surface area contributed by atoms with Gasteiger partial charge < -0.3 is 14.8 Å². The Balaban J connectivity index is 2.09. The van der Waals surface area contributed by atoms with Crippen molar-refractivity contribution in [2.75, 3.05) is 11.9 Å². The normalized spacial score (nSPS) is 10.3. The molecule has 2 aromatic rings. The van der Waals surface area contributed by atoms with Gasteiger partial charge >= 0.3 is 5.97 Å². The molecule has 0 radical (unpaired) electrons. The maximum absolute atomic E-state index is 12.4. The van der Waals surface area contributed by atoms with E-state index >= 15 is 0 Å². The number of hydrogen-bond acceptors (Lipinski definition) is 5.